The molecule has 0 unspecified atom stereocenters. The summed E-state index contributed by atoms with van der Waals surface area (Å²) in [4.78, 5) is 13.5. The van der Waals surface area contributed by atoms with Gasteiger partial charge in [0, 0.05) is 32.2 Å². The molecule has 0 atom stereocenters. The van der Waals surface area contributed by atoms with Crippen LogP contribution in [-0.4, -0.2) is 63.1 Å². The number of aryl methyl sites for hydroxylation is 2. The lowest BCUT2D eigenvalue weighted by atomic mass is 10.1. The SMILES string of the molecule is CCOC(=O)N1CCN(S(=O)(=O)c2cc(OCC)c(C)cc2C)CC1. The second-order valence-electron chi connectivity index (χ2n) is 5.91. The molecule has 8 heteroatoms. The summed E-state index contributed by atoms with van der Waals surface area (Å²) in [5.74, 6) is 0.580. The first-order valence-corrected chi connectivity index (χ1v) is 9.91. The maximum Gasteiger partial charge on any atom is 0.409 e. The van der Waals surface area contributed by atoms with E-state index in [1.54, 1.807) is 19.9 Å². The van der Waals surface area contributed by atoms with Crippen molar-refractivity contribution in [3.05, 3.63) is 23.3 Å². The average molecular weight is 370 g/mol. The zero-order valence-electron chi connectivity index (χ0n) is 15.2. The minimum absolute atomic E-state index is 0.248. The van der Waals surface area contributed by atoms with Gasteiger partial charge in [0.05, 0.1) is 18.1 Å². The molecule has 0 bridgehead atoms. The lowest BCUT2D eigenvalue weighted by molar-refractivity contribution is 0.0934. The highest BCUT2D eigenvalue weighted by molar-refractivity contribution is 7.89. The van der Waals surface area contributed by atoms with E-state index in [1.165, 1.54) is 9.21 Å². The van der Waals surface area contributed by atoms with Gasteiger partial charge < -0.3 is 14.4 Å². The summed E-state index contributed by atoms with van der Waals surface area (Å²) < 4.78 is 37.9. The largest absolute Gasteiger partial charge is 0.494 e. The third-order valence-electron chi connectivity index (χ3n) is 4.15. The molecule has 25 heavy (non-hydrogen) atoms. The minimum Gasteiger partial charge on any atom is -0.494 e. The Morgan fingerprint density at radius 1 is 1.04 bits per heavy atom. The fourth-order valence-corrected chi connectivity index (χ4v) is 4.51. The van der Waals surface area contributed by atoms with Crippen LogP contribution in [0.3, 0.4) is 0 Å². The zero-order chi connectivity index (χ0) is 18.6. The fourth-order valence-electron chi connectivity index (χ4n) is 2.87. The molecule has 140 valence electrons. The van der Waals surface area contributed by atoms with Crippen LogP contribution in [0, 0.1) is 13.8 Å². The first-order chi connectivity index (χ1) is 11.8. The number of hydrogen-bond acceptors (Lipinski definition) is 5. The highest BCUT2D eigenvalue weighted by Gasteiger charge is 2.32. The van der Waals surface area contributed by atoms with Crippen molar-refractivity contribution in [3.63, 3.8) is 0 Å². The number of rotatable bonds is 5. The van der Waals surface area contributed by atoms with Gasteiger partial charge in [-0.3, -0.25) is 0 Å². The van der Waals surface area contributed by atoms with E-state index in [-0.39, 0.29) is 18.0 Å². The molecule has 1 fully saturated rings. The molecule has 2 rings (SSSR count). The van der Waals surface area contributed by atoms with Gasteiger partial charge in [-0.15, -0.1) is 0 Å². The zero-order valence-corrected chi connectivity index (χ0v) is 16.1. The summed E-state index contributed by atoms with van der Waals surface area (Å²) >= 11 is 0. The van der Waals surface area contributed by atoms with Crippen LogP contribution in [0.5, 0.6) is 5.75 Å². The Morgan fingerprint density at radius 2 is 1.68 bits per heavy atom. The van der Waals surface area contributed by atoms with E-state index >= 15 is 0 Å². The van der Waals surface area contributed by atoms with Gasteiger partial charge in [-0.05, 0) is 38.8 Å². The standard InChI is InChI=1S/C17H26N2O5S/c1-5-23-15-12-16(14(4)11-13(15)3)25(21,22)19-9-7-18(8-10-19)17(20)24-6-2/h11-12H,5-10H2,1-4H3. The Balaban J connectivity index is 2.20. The average Bonchev–Trinajstić information content (AvgIpc) is 2.57. The lowest BCUT2D eigenvalue weighted by Gasteiger charge is -2.33. The molecule has 0 aromatic heterocycles. The second kappa shape index (κ2) is 8.05. The van der Waals surface area contributed by atoms with Crippen LogP contribution in [0.2, 0.25) is 0 Å². The van der Waals surface area contributed by atoms with E-state index < -0.39 is 16.1 Å². The molecule has 0 spiro atoms. The molecule has 1 aliphatic heterocycles. The van der Waals surface area contributed by atoms with Crippen LogP contribution in [0.4, 0.5) is 4.79 Å². The molecule has 0 aliphatic carbocycles. The summed E-state index contributed by atoms with van der Waals surface area (Å²) in [6.45, 7) is 9.20. The summed E-state index contributed by atoms with van der Waals surface area (Å²) in [6, 6.07) is 3.42. The molecule has 7 nitrogen and oxygen atoms in total. The van der Waals surface area contributed by atoms with Crippen LogP contribution in [0.25, 0.3) is 0 Å². The molecule has 1 amide bonds. The van der Waals surface area contributed by atoms with E-state index in [4.69, 9.17) is 9.47 Å². The molecule has 1 aliphatic rings. The summed E-state index contributed by atoms with van der Waals surface area (Å²) in [5, 5.41) is 0. The number of piperazine rings is 1. The smallest absolute Gasteiger partial charge is 0.409 e. The van der Waals surface area contributed by atoms with Crippen LogP contribution >= 0.6 is 0 Å². The number of carbonyl (C=O) groups excluding carboxylic acids is 1. The molecule has 1 heterocycles. The van der Waals surface area contributed by atoms with Crippen LogP contribution in [-0.2, 0) is 14.8 Å². The quantitative estimate of drug-likeness (QED) is 0.794. The number of hydrogen-bond donors (Lipinski definition) is 0. The monoisotopic (exact) mass is 370 g/mol. The van der Waals surface area contributed by atoms with E-state index in [1.807, 2.05) is 19.9 Å². The first-order valence-electron chi connectivity index (χ1n) is 8.47. The van der Waals surface area contributed by atoms with Gasteiger partial charge in [0.25, 0.3) is 0 Å². The van der Waals surface area contributed by atoms with Crippen molar-refractivity contribution in [2.24, 2.45) is 0 Å². The lowest BCUT2D eigenvalue weighted by Crippen LogP contribution is -2.50. The van der Waals surface area contributed by atoms with Gasteiger partial charge in [-0.2, -0.15) is 4.31 Å². The van der Waals surface area contributed by atoms with Crippen molar-refractivity contribution in [3.8, 4) is 5.75 Å². The van der Waals surface area contributed by atoms with Gasteiger partial charge in [-0.25, -0.2) is 13.2 Å². The van der Waals surface area contributed by atoms with Gasteiger partial charge >= 0.3 is 6.09 Å². The summed E-state index contributed by atoms with van der Waals surface area (Å²) in [6.07, 6.45) is -0.398. The van der Waals surface area contributed by atoms with E-state index in [0.29, 0.717) is 37.6 Å². The van der Waals surface area contributed by atoms with Gasteiger partial charge in [0.15, 0.2) is 0 Å². The Bertz CT molecular complexity index is 725. The predicted octanol–water partition coefficient (Wildman–Crippen LogP) is 2.16. The van der Waals surface area contributed by atoms with E-state index in [0.717, 1.165) is 5.56 Å². The Morgan fingerprint density at radius 3 is 2.24 bits per heavy atom. The molecular weight excluding hydrogens is 344 g/mol. The molecule has 1 aromatic rings. The van der Waals surface area contributed by atoms with E-state index in [2.05, 4.69) is 0 Å². The van der Waals surface area contributed by atoms with Crippen molar-refractivity contribution in [2.45, 2.75) is 32.6 Å². The number of nitrogens with zero attached hydrogens (tertiary/aromatic N) is 2. The van der Waals surface area contributed by atoms with Crippen molar-refractivity contribution in [1.29, 1.82) is 0 Å². The second-order valence-corrected chi connectivity index (χ2v) is 7.81. The van der Waals surface area contributed by atoms with Crippen molar-refractivity contribution in [1.82, 2.24) is 9.21 Å². The van der Waals surface area contributed by atoms with Crippen LogP contribution in [0.15, 0.2) is 17.0 Å². The summed E-state index contributed by atoms with van der Waals surface area (Å²) in [5.41, 5.74) is 1.60. The first kappa shape index (κ1) is 19.5. The normalized spacial score (nSPS) is 15.9. The Kier molecular flexibility index (Phi) is 6.29. The van der Waals surface area contributed by atoms with Gasteiger partial charge in [0.2, 0.25) is 10.0 Å². The summed E-state index contributed by atoms with van der Waals surface area (Å²) in [7, 11) is -3.64. The van der Waals surface area contributed by atoms with Gasteiger partial charge in [0.1, 0.15) is 5.75 Å². The molecule has 0 radical (unpaired) electrons. The van der Waals surface area contributed by atoms with Crippen molar-refractivity contribution in [2.75, 3.05) is 39.4 Å². The highest BCUT2D eigenvalue weighted by atomic mass is 32.2. The minimum atomic E-state index is -3.64. The molecular formula is C17H26N2O5S. The molecule has 1 saturated heterocycles. The van der Waals surface area contributed by atoms with E-state index in [9.17, 15) is 13.2 Å². The highest BCUT2D eigenvalue weighted by Crippen LogP contribution is 2.28. The number of benzene rings is 1. The molecule has 1 aromatic carbocycles. The Labute approximate surface area is 149 Å². The van der Waals surface area contributed by atoms with Crippen LogP contribution < -0.4 is 4.74 Å². The third-order valence-corrected chi connectivity index (χ3v) is 6.20. The Hall–Kier alpha value is -1.80. The number of amides is 1. The van der Waals surface area contributed by atoms with Gasteiger partial charge in [-0.1, -0.05) is 6.07 Å². The maximum atomic E-state index is 13.0. The predicted molar refractivity (Wildman–Crippen MR) is 94.4 cm³/mol. The van der Waals surface area contributed by atoms with Crippen LogP contribution in [0.1, 0.15) is 25.0 Å². The fraction of sp³-hybridized carbons (Fsp3) is 0.588. The number of carbonyl (C=O) groups is 1. The number of sulfonamides is 1. The molecule has 0 N–H and O–H groups in total. The maximum absolute atomic E-state index is 13.0. The number of ether oxygens (including phenoxy) is 2. The van der Waals surface area contributed by atoms with Crippen molar-refractivity contribution >= 4 is 16.1 Å². The molecule has 0 saturated carbocycles. The van der Waals surface area contributed by atoms with Crippen molar-refractivity contribution < 1.29 is 22.7 Å². The third kappa shape index (κ3) is 4.24. The topological polar surface area (TPSA) is 76.2 Å².